The van der Waals surface area contributed by atoms with Crippen LogP contribution in [0.25, 0.3) is 0 Å². The monoisotopic (exact) mass is 608 g/mol. The van der Waals surface area contributed by atoms with E-state index in [1.807, 2.05) is 49.4 Å². The Labute approximate surface area is 252 Å². The molecule has 1 saturated heterocycles. The molecule has 0 spiro atoms. The molecule has 1 aliphatic heterocycles. The zero-order valence-corrected chi connectivity index (χ0v) is 24.8. The van der Waals surface area contributed by atoms with E-state index in [1.54, 1.807) is 18.5 Å². The highest BCUT2D eigenvalue weighted by Crippen LogP contribution is 2.37. The van der Waals surface area contributed by atoms with Gasteiger partial charge in [-0.3, -0.25) is 4.79 Å². The Morgan fingerprint density at radius 2 is 1.90 bits per heavy atom. The van der Waals surface area contributed by atoms with Crippen molar-refractivity contribution in [2.45, 2.75) is 40.4 Å². The average molecular weight is 609 g/mol. The molecular weight excluding hydrogens is 576 g/mol. The summed E-state index contributed by atoms with van der Waals surface area (Å²) in [7, 11) is 0. The summed E-state index contributed by atoms with van der Waals surface area (Å²) in [6, 6.07) is 15.4. The van der Waals surface area contributed by atoms with Crippen LogP contribution in [0.1, 0.15) is 34.5 Å². The largest absolute Gasteiger partial charge is 0.394 e. The molecule has 12 heteroatoms. The summed E-state index contributed by atoms with van der Waals surface area (Å²) in [6.07, 6.45) is 5.50. The van der Waals surface area contributed by atoms with Crippen molar-refractivity contribution in [3.8, 4) is 0 Å². The number of carbonyl (C=O) groups excluding carboxylic acids is 1. The zero-order chi connectivity index (χ0) is 29.5. The molecule has 1 aromatic carbocycles. The van der Waals surface area contributed by atoms with Gasteiger partial charge in [-0.25, -0.2) is 19.3 Å². The predicted molar refractivity (Wildman–Crippen MR) is 162 cm³/mol. The van der Waals surface area contributed by atoms with Crippen LogP contribution in [-0.2, 0) is 5.41 Å². The standard InChI is InChI=1S/C30H33FN6O3S2/c1-20-7-11-32-24(15-20)36-29-34-16-25(42-29)41-23-8-12-33-27(26(23)31)28(40)35-19-30(21-5-3-2-4-6-21)9-13-37(14-10-30)17-22(39)18-38/h2-8,11-12,15-16,22,38-39H,9-10,13-14,17-19H2,1H3,(H,35,40)(H,32,34,36)/t22-/m0/s1. The van der Waals surface area contributed by atoms with Crippen molar-refractivity contribution in [3.05, 3.63) is 89.8 Å². The van der Waals surface area contributed by atoms with Crippen molar-refractivity contribution in [1.82, 2.24) is 25.2 Å². The van der Waals surface area contributed by atoms with E-state index in [9.17, 15) is 15.0 Å². The summed E-state index contributed by atoms with van der Waals surface area (Å²) in [5.41, 5.74) is 1.57. The predicted octanol–water partition coefficient (Wildman–Crippen LogP) is 4.39. The van der Waals surface area contributed by atoms with Gasteiger partial charge in [-0.05, 0) is 62.2 Å². The lowest BCUT2D eigenvalue weighted by atomic mass is 9.72. The molecule has 0 unspecified atom stereocenters. The van der Waals surface area contributed by atoms with E-state index in [-0.39, 0.29) is 22.6 Å². The minimum atomic E-state index is -0.786. The fraction of sp³-hybridized carbons (Fsp3) is 0.333. The second-order valence-corrected chi connectivity index (χ2v) is 12.7. The Kier molecular flexibility index (Phi) is 9.80. The third-order valence-electron chi connectivity index (χ3n) is 7.38. The molecule has 0 aliphatic carbocycles. The number of benzene rings is 1. The van der Waals surface area contributed by atoms with Gasteiger partial charge < -0.3 is 25.7 Å². The number of aliphatic hydroxyl groups excluding tert-OH is 2. The number of aromatic nitrogens is 3. The minimum absolute atomic E-state index is 0.251. The van der Waals surface area contributed by atoms with Gasteiger partial charge in [0, 0.05) is 30.9 Å². The lowest BCUT2D eigenvalue weighted by Gasteiger charge is -2.43. The van der Waals surface area contributed by atoms with Gasteiger partial charge in [0.1, 0.15) is 5.82 Å². The van der Waals surface area contributed by atoms with E-state index in [4.69, 9.17) is 0 Å². The first-order chi connectivity index (χ1) is 20.3. The maximum absolute atomic E-state index is 15.6. The highest BCUT2D eigenvalue weighted by Gasteiger charge is 2.37. The highest BCUT2D eigenvalue weighted by atomic mass is 32.2. The number of carbonyl (C=O) groups is 1. The Bertz CT molecular complexity index is 1500. The van der Waals surface area contributed by atoms with E-state index in [1.165, 1.54) is 29.3 Å². The lowest BCUT2D eigenvalue weighted by molar-refractivity contribution is 0.0430. The van der Waals surface area contributed by atoms with Crippen LogP contribution in [-0.4, -0.2) is 74.9 Å². The summed E-state index contributed by atoms with van der Waals surface area (Å²) in [5.74, 6) is -0.568. The summed E-state index contributed by atoms with van der Waals surface area (Å²) in [6.45, 7) is 3.82. The third kappa shape index (κ3) is 7.31. The van der Waals surface area contributed by atoms with Crippen molar-refractivity contribution in [2.75, 3.05) is 38.1 Å². The third-order valence-corrected chi connectivity index (χ3v) is 9.43. The number of pyridine rings is 2. The van der Waals surface area contributed by atoms with E-state index >= 15 is 4.39 Å². The molecule has 3 aromatic heterocycles. The topological polar surface area (TPSA) is 124 Å². The van der Waals surface area contributed by atoms with E-state index < -0.39 is 17.8 Å². The lowest BCUT2D eigenvalue weighted by Crippen LogP contribution is -2.50. The molecule has 4 N–H and O–H groups in total. The quantitative estimate of drug-likeness (QED) is 0.196. The number of nitrogens with zero attached hydrogens (tertiary/aromatic N) is 4. The molecule has 0 saturated carbocycles. The molecule has 5 rings (SSSR count). The molecular formula is C30H33FN6O3S2. The summed E-state index contributed by atoms with van der Waals surface area (Å²) in [5, 5.41) is 25.8. The Balaban J connectivity index is 1.26. The normalized spacial score (nSPS) is 15.7. The van der Waals surface area contributed by atoms with Gasteiger partial charge in [-0.2, -0.15) is 0 Å². The van der Waals surface area contributed by atoms with E-state index in [0.29, 0.717) is 37.1 Å². The number of nitrogens with one attached hydrogen (secondary N) is 2. The number of likely N-dealkylation sites (tertiary alicyclic amines) is 1. The number of amides is 1. The van der Waals surface area contributed by atoms with Crippen molar-refractivity contribution >= 4 is 40.0 Å². The molecule has 1 aliphatic rings. The van der Waals surface area contributed by atoms with Crippen LogP contribution in [0.15, 0.2) is 76.2 Å². The van der Waals surface area contributed by atoms with Crippen LogP contribution in [0, 0.1) is 12.7 Å². The smallest absolute Gasteiger partial charge is 0.273 e. The van der Waals surface area contributed by atoms with Crippen LogP contribution in [0.5, 0.6) is 0 Å². The number of aliphatic hydroxyl groups is 2. The molecule has 0 bridgehead atoms. The summed E-state index contributed by atoms with van der Waals surface area (Å²) < 4.78 is 16.3. The number of thiazole rings is 1. The van der Waals surface area contributed by atoms with Crippen LogP contribution in [0.2, 0.25) is 0 Å². The summed E-state index contributed by atoms with van der Waals surface area (Å²) >= 11 is 2.55. The number of β-amino-alcohol motifs (C(OH)–C–C–N with tert-alkyl or cyclic N) is 1. The van der Waals surface area contributed by atoms with Crippen molar-refractivity contribution in [2.24, 2.45) is 0 Å². The number of aryl methyl sites for hydroxylation is 1. The molecule has 9 nitrogen and oxygen atoms in total. The molecule has 0 radical (unpaired) electrons. The van der Waals surface area contributed by atoms with Crippen molar-refractivity contribution in [3.63, 3.8) is 0 Å². The maximum Gasteiger partial charge on any atom is 0.273 e. The first-order valence-electron chi connectivity index (χ1n) is 13.7. The Hall–Kier alpha value is -3.42. The van der Waals surface area contributed by atoms with Gasteiger partial charge in [-0.15, -0.1) is 0 Å². The maximum atomic E-state index is 15.6. The van der Waals surface area contributed by atoms with Gasteiger partial charge in [0.25, 0.3) is 5.91 Å². The van der Waals surface area contributed by atoms with Crippen LogP contribution >= 0.6 is 23.1 Å². The van der Waals surface area contributed by atoms with Crippen molar-refractivity contribution in [1.29, 1.82) is 0 Å². The van der Waals surface area contributed by atoms with Crippen LogP contribution in [0.3, 0.4) is 0 Å². The number of rotatable bonds is 11. The second-order valence-electron chi connectivity index (χ2n) is 10.4. The number of anilines is 2. The Morgan fingerprint density at radius 3 is 2.64 bits per heavy atom. The fourth-order valence-electron chi connectivity index (χ4n) is 5.06. The van der Waals surface area contributed by atoms with Gasteiger partial charge in [-0.1, -0.05) is 53.4 Å². The first kappa shape index (κ1) is 30.1. The molecule has 4 heterocycles. The van der Waals surface area contributed by atoms with Gasteiger partial charge >= 0.3 is 0 Å². The second kappa shape index (κ2) is 13.7. The summed E-state index contributed by atoms with van der Waals surface area (Å²) in [4.78, 5) is 28.4. The van der Waals surface area contributed by atoms with E-state index in [0.717, 1.165) is 28.2 Å². The SMILES string of the molecule is Cc1ccnc(Nc2ncc(Sc3ccnc(C(=O)NCC4(c5ccccc5)CCN(C[C@H](O)CO)CC4)c3F)s2)c1. The van der Waals surface area contributed by atoms with Crippen LogP contribution in [0.4, 0.5) is 15.3 Å². The highest BCUT2D eigenvalue weighted by molar-refractivity contribution is 8.01. The molecule has 1 atom stereocenters. The molecule has 1 fully saturated rings. The molecule has 4 aromatic rings. The number of hydrogen-bond acceptors (Lipinski definition) is 10. The van der Waals surface area contributed by atoms with Gasteiger partial charge in [0.05, 0.1) is 28.0 Å². The van der Waals surface area contributed by atoms with Gasteiger partial charge in [0.2, 0.25) is 0 Å². The Morgan fingerprint density at radius 1 is 1.14 bits per heavy atom. The average Bonchev–Trinajstić information content (AvgIpc) is 3.44. The molecule has 1 amide bonds. The zero-order valence-electron chi connectivity index (χ0n) is 23.2. The fourth-order valence-corrected chi connectivity index (χ4v) is 6.93. The van der Waals surface area contributed by atoms with Gasteiger partial charge in [0.15, 0.2) is 16.6 Å². The molecule has 42 heavy (non-hydrogen) atoms. The van der Waals surface area contributed by atoms with E-state index in [2.05, 4.69) is 30.5 Å². The van der Waals surface area contributed by atoms with Crippen LogP contribution < -0.4 is 10.6 Å². The molecule has 220 valence electrons. The first-order valence-corrected chi connectivity index (χ1v) is 15.3. The number of hydrogen-bond donors (Lipinski definition) is 4. The van der Waals surface area contributed by atoms with Crippen molar-refractivity contribution < 1.29 is 19.4 Å². The number of halogens is 1. The minimum Gasteiger partial charge on any atom is -0.394 e. The number of piperidine rings is 1.